The molecular formula is C28H39NO5S. The van der Waals surface area contributed by atoms with E-state index < -0.39 is 35.6 Å². The van der Waals surface area contributed by atoms with E-state index in [0.717, 1.165) is 40.1 Å². The number of fused-ring (bicyclic) bond motifs is 1. The number of esters is 1. The van der Waals surface area contributed by atoms with Crippen LogP contribution in [0.15, 0.2) is 29.8 Å². The Kier molecular flexibility index (Phi) is 8.89. The van der Waals surface area contributed by atoms with Gasteiger partial charge in [0.15, 0.2) is 0 Å². The Balaban J connectivity index is 1.91. The molecule has 0 saturated heterocycles. The highest BCUT2D eigenvalue weighted by molar-refractivity contribution is 7.18. The van der Waals surface area contributed by atoms with Gasteiger partial charge in [-0.2, -0.15) is 0 Å². The molecule has 35 heavy (non-hydrogen) atoms. The third-order valence-electron chi connectivity index (χ3n) is 7.41. The maximum Gasteiger partial charge on any atom is 0.309 e. The summed E-state index contributed by atoms with van der Waals surface area (Å²) in [5.41, 5.74) is 1.73. The van der Waals surface area contributed by atoms with Gasteiger partial charge in [0, 0.05) is 12.3 Å². The van der Waals surface area contributed by atoms with E-state index in [1.54, 1.807) is 32.1 Å². The van der Waals surface area contributed by atoms with E-state index in [2.05, 4.69) is 18.0 Å². The van der Waals surface area contributed by atoms with Crippen LogP contribution in [-0.4, -0.2) is 39.2 Å². The van der Waals surface area contributed by atoms with Crippen molar-refractivity contribution in [3.05, 3.63) is 40.4 Å². The van der Waals surface area contributed by atoms with Gasteiger partial charge >= 0.3 is 5.97 Å². The molecule has 3 rings (SSSR count). The fourth-order valence-corrected chi connectivity index (χ4v) is 5.62. The molecule has 0 radical (unpaired) electrons. The zero-order valence-corrected chi connectivity index (χ0v) is 22.5. The molecule has 0 bridgehead atoms. The number of ketones is 1. The van der Waals surface area contributed by atoms with Crippen LogP contribution >= 0.6 is 11.3 Å². The highest BCUT2D eigenvalue weighted by Crippen LogP contribution is 2.34. The van der Waals surface area contributed by atoms with Crippen LogP contribution in [0.25, 0.3) is 10.2 Å². The third kappa shape index (κ3) is 6.57. The summed E-state index contributed by atoms with van der Waals surface area (Å²) in [6, 6.07) is 5.93. The lowest BCUT2D eigenvalue weighted by Gasteiger charge is -2.34. The SMILES string of the molecule is C/C1=C/CC(c2ccc3sc(C)nc3c2)OC(=O)CC(O)C(C)(C)C(=O)C(C)C(O)C(C)CCC1. The molecular weight excluding hydrogens is 462 g/mol. The van der Waals surface area contributed by atoms with Crippen molar-refractivity contribution in [1.29, 1.82) is 0 Å². The first-order chi connectivity index (χ1) is 16.4. The van der Waals surface area contributed by atoms with Gasteiger partial charge in [0.25, 0.3) is 0 Å². The van der Waals surface area contributed by atoms with Crippen molar-refractivity contribution in [3.8, 4) is 0 Å². The van der Waals surface area contributed by atoms with Crippen LogP contribution in [0.4, 0.5) is 0 Å². The number of thiazole rings is 1. The van der Waals surface area contributed by atoms with Crippen LogP contribution in [0.1, 0.15) is 83.4 Å². The van der Waals surface area contributed by atoms with Crippen molar-refractivity contribution in [2.75, 3.05) is 0 Å². The number of cyclic esters (lactones) is 1. The average Bonchev–Trinajstić information content (AvgIpc) is 3.18. The topological polar surface area (TPSA) is 96.7 Å². The second-order valence-electron chi connectivity index (χ2n) is 10.7. The molecule has 2 N–H and O–H groups in total. The van der Waals surface area contributed by atoms with E-state index >= 15 is 0 Å². The summed E-state index contributed by atoms with van der Waals surface area (Å²) in [5, 5.41) is 22.6. The number of carbonyl (C=O) groups is 2. The summed E-state index contributed by atoms with van der Waals surface area (Å²) in [4.78, 5) is 30.7. The first kappa shape index (κ1) is 27.5. The van der Waals surface area contributed by atoms with Crippen molar-refractivity contribution in [3.63, 3.8) is 0 Å². The maximum absolute atomic E-state index is 13.2. The van der Waals surface area contributed by atoms with E-state index in [0.29, 0.717) is 6.42 Å². The standard InChI is InChI=1S/C28H39NO5S/c1-16-8-7-9-17(2)26(32)18(3)27(33)28(5,6)24(30)15-25(31)34-22(12-10-16)20-11-13-23-21(14-20)29-19(4)35-23/h10-11,13-14,17-18,22,24,26,30,32H,7-9,12,15H2,1-6H3/b16-10-. The Bertz CT molecular complexity index is 1090. The van der Waals surface area contributed by atoms with Crippen molar-refractivity contribution >= 4 is 33.3 Å². The minimum Gasteiger partial charge on any atom is -0.457 e. The van der Waals surface area contributed by atoms with E-state index in [-0.39, 0.29) is 18.1 Å². The van der Waals surface area contributed by atoms with Crippen molar-refractivity contribution in [2.45, 2.75) is 92.0 Å². The van der Waals surface area contributed by atoms with E-state index in [1.807, 2.05) is 32.0 Å². The van der Waals surface area contributed by atoms with Gasteiger partial charge in [0.2, 0.25) is 0 Å². The van der Waals surface area contributed by atoms with Gasteiger partial charge in [-0.3, -0.25) is 9.59 Å². The Hall–Kier alpha value is -2.09. The fraction of sp³-hybridized carbons (Fsp3) is 0.607. The van der Waals surface area contributed by atoms with Gasteiger partial charge in [-0.25, -0.2) is 4.98 Å². The van der Waals surface area contributed by atoms with Gasteiger partial charge in [-0.05, 0) is 56.7 Å². The number of aromatic nitrogens is 1. The Morgan fingerprint density at radius 1 is 1.14 bits per heavy atom. The maximum atomic E-state index is 13.2. The second-order valence-corrected chi connectivity index (χ2v) is 11.9. The molecule has 0 aliphatic carbocycles. The minimum absolute atomic E-state index is 0.0476. The first-order valence-corrected chi connectivity index (χ1v) is 13.3. The molecule has 0 saturated carbocycles. The summed E-state index contributed by atoms with van der Waals surface area (Å²) in [6.45, 7) is 11.0. The largest absolute Gasteiger partial charge is 0.457 e. The van der Waals surface area contributed by atoms with E-state index in [1.165, 1.54) is 5.57 Å². The summed E-state index contributed by atoms with van der Waals surface area (Å²) in [5.74, 6) is -1.50. The van der Waals surface area contributed by atoms with E-state index in [4.69, 9.17) is 4.74 Å². The monoisotopic (exact) mass is 501 g/mol. The number of aryl methyl sites for hydroxylation is 1. The average molecular weight is 502 g/mol. The molecule has 5 atom stereocenters. The Morgan fingerprint density at radius 3 is 2.57 bits per heavy atom. The zero-order valence-electron chi connectivity index (χ0n) is 21.7. The van der Waals surface area contributed by atoms with Gasteiger partial charge in [-0.1, -0.05) is 45.4 Å². The molecule has 1 aliphatic heterocycles. The molecule has 1 aromatic heterocycles. The third-order valence-corrected chi connectivity index (χ3v) is 8.36. The molecule has 2 heterocycles. The number of aliphatic hydroxyl groups excluding tert-OH is 2. The summed E-state index contributed by atoms with van der Waals surface area (Å²) < 4.78 is 6.96. The number of rotatable bonds is 1. The first-order valence-electron chi connectivity index (χ1n) is 12.5. The highest BCUT2D eigenvalue weighted by atomic mass is 32.1. The minimum atomic E-state index is -1.22. The Labute approximate surface area is 212 Å². The predicted molar refractivity (Wildman–Crippen MR) is 139 cm³/mol. The normalized spacial score (nSPS) is 31.1. The van der Waals surface area contributed by atoms with Gasteiger partial charge in [0.05, 0.1) is 39.3 Å². The number of nitrogens with zero attached hydrogens (tertiary/aromatic N) is 1. The lowest BCUT2D eigenvalue weighted by atomic mass is 9.73. The van der Waals surface area contributed by atoms with Gasteiger partial charge < -0.3 is 14.9 Å². The molecule has 1 aliphatic rings. The number of ether oxygens (including phenoxy) is 1. The number of hydrogen-bond donors (Lipinski definition) is 2. The van der Waals surface area contributed by atoms with Gasteiger partial charge in [-0.15, -0.1) is 11.3 Å². The van der Waals surface area contributed by atoms with Crippen LogP contribution < -0.4 is 0 Å². The lowest BCUT2D eigenvalue weighted by Crippen LogP contribution is -2.45. The number of carbonyl (C=O) groups excluding carboxylic acids is 2. The summed E-state index contributed by atoms with van der Waals surface area (Å²) >= 11 is 1.62. The predicted octanol–water partition coefficient (Wildman–Crippen LogP) is 5.69. The highest BCUT2D eigenvalue weighted by Gasteiger charge is 2.42. The van der Waals surface area contributed by atoms with Crippen LogP contribution in [0.2, 0.25) is 0 Å². The smallest absolute Gasteiger partial charge is 0.309 e. The fourth-order valence-electron chi connectivity index (χ4n) is 4.81. The molecule has 6 nitrogen and oxygen atoms in total. The summed E-state index contributed by atoms with van der Waals surface area (Å²) in [7, 11) is 0. The van der Waals surface area contributed by atoms with Crippen molar-refractivity contribution in [1.82, 2.24) is 4.98 Å². The molecule has 0 fully saturated rings. The molecule has 0 amide bonds. The Morgan fingerprint density at radius 2 is 1.86 bits per heavy atom. The number of hydrogen-bond acceptors (Lipinski definition) is 7. The van der Waals surface area contributed by atoms with Gasteiger partial charge in [0.1, 0.15) is 11.9 Å². The number of benzene rings is 1. The number of aliphatic hydroxyl groups is 2. The van der Waals surface area contributed by atoms with Crippen molar-refractivity contribution < 1.29 is 24.5 Å². The van der Waals surface area contributed by atoms with Crippen molar-refractivity contribution in [2.24, 2.45) is 17.3 Å². The molecule has 0 spiro atoms. The van der Waals surface area contributed by atoms with Crippen LogP contribution in [0, 0.1) is 24.2 Å². The summed E-state index contributed by atoms with van der Waals surface area (Å²) in [6.07, 6.45) is 2.35. The van der Waals surface area contributed by atoms with Crippen LogP contribution in [0.5, 0.6) is 0 Å². The molecule has 2 aromatic rings. The second kappa shape index (κ2) is 11.3. The molecule has 1 aromatic carbocycles. The zero-order chi connectivity index (χ0) is 25.9. The number of Topliss-reactive ketones (excluding diaryl/α,β-unsaturated/α-hetero) is 1. The lowest BCUT2D eigenvalue weighted by molar-refractivity contribution is -0.155. The van der Waals surface area contributed by atoms with E-state index in [9.17, 15) is 19.8 Å². The molecule has 192 valence electrons. The quantitative estimate of drug-likeness (QED) is 0.385. The molecule has 5 unspecified atom stereocenters. The van der Waals surface area contributed by atoms with Crippen LogP contribution in [0.3, 0.4) is 0 Å². The number of allylic oxidation sites excluding steroid dienone is 1. The van der Waals surface area contributed by atoms with Crippen LogP contribution in [-0.2, 0) is 14.3 Å². The molecule has 7 heteroatoms.